The monoisotopic (exact) mass is 348 g/mol. The van der Waals surface area contributed by atoms with Gasteiger partial charge in [-0.15, -0.1) is 0 Å². The highest BCUT2D eigenvalue weighted by Gasteiger charge is 1.89. The number of halogens is 1. The van der Waals surface area contributed by atoms with Crippen molar-refractivity contribution in [1.29, 1.82) is 0 Å². The minimum Gasteiger partial charge on any atom is -0.0864 e. The summed E-state index contributed by atoms with van der Waals surface area (Å²) in [7, 11) is 0. The number of rotatable bonds is 12. The van der Waals surface area contributed by atoms with Gasteiger partial charge in [0.1, 0.15) is 0 Å². The fraction of sp³-hybridized carbons (Fsp3) is 0.750. The summed E-state index contributed by atoms with van der Waals surface area (Å²) in [6.45, 7) is 2.24. The lowest BCUT2D eigenvalue weighted by atomic mass is 10.1. The molecule has 0 aliphatic rings. The van der Waals surface area contributed by atoms with E-state index >= 15 is 0 Å². The van der Waals surface area contributed by atoms with Crippen LogP contribution in [0.25, 0.3) is 0 Å². The van der Waals surface area contributed by atoms with Crippen molar-refractivity contribution >= 4 is 22.6 Å². The third-order valence-corrected chi connectivity index (χ3v) is 3.62. The van der Waals surface area contributed by atoms with Gasteiger partial charge in [0.2, 0.25) is 0 Å². The number of unbranched alkanes of at least 4 members (excludes halogenated alkanes) is 8. The summed E-state index contributed by atoms with van der Waals surface area (Å²) in [6, 6.07) is 0. The van der Waals surface area contributed by atoms with Crippen molar-refractivity contribution in [3.8, 4) is 0 Å². The Kier molecular flexibility index (Phi) is 16.4. The first-order valence-electron chi connectivity index (χ1n) is 7.29. The van der Waals surface area contributed by atoms with Crippen LogP contribution in [-0.4, -0.2) is 4.43 Å². The van der Waals surface area contributed by atoms with Crippen molar-refractivity contribution in [2.45, 2.75) is 71.1 Å². The van der Waals surface area contributed by atoms with Gasteiger partial charge in [0.15, 0.2) is 0 Å². The normalized spacial score (nSPS) is 11.9. The van der Waals surface area contributed by atoms with Crippen LogP contribution in [-0.2, 0) is 0 Å². The average molecular weight is 348 g/mol. The Morgan fingerprint density at radius 2 is 1.24 bits per heavy atom. The molecule has 0 aromatic carbocycles. The Morgan fingerprint density at radius 1 is 0.706 bits per heavy atom. The van der Waals surface area contributed by atoms with Crippen LogP contribution in [0.2, 0.25) is 0 Å². The summed E-state index contributed by atoms with van der Waals surface area (Å²) >= 11 is 2.47. The molecule has 0 N–H and O–H groups in total. The molecule has 0 rings (SSSR count). The van der Waals surface area contributed by atoms with Gasteiger partial charge in [0, 0.05) is 0 Å². The van der Waals surface area contributed by atoms with E-state index in [-0.39, 0.29) is 0 Å². The van der Waals surface area contributed by atoms with Crippen LogP contribution in [0.4, 0.5) is 0 Å². The van der Waals surface area contributed by atoms with E-state index in [0.717, 1.165) is 0 Å². The molecule has 0 spiro atoms. The van der Waals surface area contributed by atoms with E-state index < -0.39 is 0 Å². The summed E-state index contributed by atoms with van der Waals surface area (Å²) in [5.74, 6) is 0. The van der Waals surface area contributed by atoms with Gasteiger partial charge in [-0.2, -0.15) is 0 Å². The zero-order valence-corrected chi connectivity index (χ0v) is 13.6. The minimum atomic E-state index is 1.23. The van der Waals surface area contributed by atoms with Gasteiger partial charge in [0.05, 0.1) is 0 Å². The zero-order valence-electron chi connectivity index (χ0n) is 11.5. The summed E-state index contributed by atoms with van der Waals surface area (Å²) in [4.78, 5) is 0. The lowest BCUT2D eigenvalue weighted by Gasteiger charge is -1.98. The molecule has 0 aliphatic heterocycles. The molecular weight excluding hydrogens is 319 g/mol. The quantitative estimate of drug-likeness (QED) is 0.164. The molecule has 100 valence electrons. The zero-order chi connectivity index (χ0) is 12.6. The van der Waals surface area contributed by atoms with Gasteiger partial charge >= 0.3 is 0 Å². The van der Waals surface area contributed by atoms with Crippen LogP contribution in [0.5, 0.6) is 0 Å². The SMILES string of the molecule is CCCC/C=C\C=C\CCCCCCCCI. The van der Waals surface area contributed by atoms with Gasteiger partial charge in [-0.3, -0.25) is 0 Å². The number of hydrogen-bond donors (Lipinski definition) is 0. The van der Waals surface area contributed by atoms with Crippen LogP contribution >= 0.6 is 22.6 Å². The largest absolute Gasteiger partial charge is 0.0864 e. The Balaban J connectivity index is 3.11. The second-order valence-corrected chi connectivity index (χ2v) is 5.68. The molecule has 0 aliphatic carbocycles. The second kappa shape index (κ2) is 16.2. The highest BCUT2D eigenvalue weighted by molar-refractivity contribution is 14.1. The van der Waals surface area contributed by atoms with E-state index in [0.29, 0.717) is 0 Å². The maximum atomic E-state index is 2.47. The fourth-order valence-electron chi connectivity index (χ4n) is 1.74. The highest BCUT2D eigenvalue weighted by Crippen LogP contribution is 2.08. The van der Waals surface area contributed by atoms with E-state index in [9.17, 15) is 0 Å². The molecule has 17 heavy (non-hydrogen) atoms. The molecule has 0 saturated heterocycles. The first kappa shape index (κ1) is 17.2. The Labute approximate surface area is 122 Å². The van der Waals surface area contributed by atoms with Crippen molar-refractivity contribution in [3.05, 3.63) is 24.3 Å². The minimum absolute atomic E-state index is 1.23. The Bertz CT molecular complexity index is 182. The molecule has 0 unspecified atom stereocenters. The Hall–Kier alpha value is 0.210. The first-order valence-corrected chi connectivity index (χ1v) is 8.82. The van der Waals surface area contributed by atoms with E-state index in [1.165, 1.54) is 68.6 Å². The second-order valence-electron chi connectivity index (χ2n) is 4.60. The highest BCUT2D eigenvalue weighted by atomic mass is 127. The summed E-state index contributed by atoms with van der Waals surface area (Å²) < 4.78 is 1.32. The van der Waals surface area contributed by atoms with Crippen molar-refractivity contribution in [2.75, 3.05) is 4.43 Å². The number of alkyl halides is 1. The smallest absolute Gasteiger partial charge is 0.000473 e. The number of allylic oxidation sites excluding steroid dienone is 4. The third-order valence-electron chi connectivity index (χ3n) is 2.86. The molecule has 0 heterocycles. The molecule has 0 saturated carbocycles. The molecule has 0 amide bonds. The van der Waals surface area contributed by atoms with Gasteiger partial charge in [-0.25, -0.2) is 0 Å². The maximum absolute atomic E-state index is 2.47. The van der Waals surface area contributed by atoms with Crippen molar-refractivity contribution in [2.24, 2.45) is 0 Å². The molecule has 0 aromatic heterocycles. The van der Waals surface area contributed by atoms with Crippen LogP contribution in [0.15, 0.2) is 24.3 Å². The van der Waals surface area contributed by atoms with E-state index in [1.54, 1.807) is 0 Å². The summed E-state index contributed by atoms with van der Waals surface area (Å²) in [5, 5.41) is 0. The van der Waals surface area contributed by atoms with Crippen LogP contribution in [0.3, 0.4) is 0 Å². The topological polar surface area (TPSA) is 0 Å². The molecule has 1 heteroatoms. The maximum Gasteiger partial charge on any atom is -0.000473 e. The van der Waals surface area contributed by atoms with E-state index in [4.69, 9.17) is 0 Å². The summed E-state index contributed by atoms with van der Waals surface area (Å²) in [6.07, 6.45) is 22.6. The summed E-state index contributed by atoms with van der Waals surface area (Å²) in [5.41, 5.74) is 0. The predicted molar refractivity (Wildman–Crippen MR) is 89.0 cm³/mol. The molecule has 0 nitrogen and oxygen atoms in total. The third kappa shape index (κ3) is 16.2. The lowest BCUT2D eigenvalue weighted by molar-refractivity contribution is 0.614. The Morgan fingerprint density at radius 3 is 1.82 bits per heavy atom. The lowest BCUT2D eigenvalue weighted by Crippen LogP contribution is -1.79. The molecule has 0 fully saturated rings. The first-order chi connectivity index (χ1) is 8.41. The van der Waals surface area contributed by atoms with Gasteiger partial charge < -0.3 is 0 Å². The van der Waals surface area contributed by atoms with Gasteiger partial charge in [-0.1, -0.05) is 92.3 Å². The fourth-order valence-corrected chi connectivity index (χ4v) is 2.27. The van der Waals surface area contributed by atoms with Gasteiger partial charge in [-0.05, 0) is 30.1 Å². The average Bonchev–Trinajstić information content (AvgIpc) is 2.35. The van der Waals surface area contributed by atoms with Crippen molar-refractivity contribution < 1.29 is 0 Å². The molecule has 0 radical (unpaired) electrons. The molecule has 0 aromatic rings. The number of hydrogen-bond acceptors (Lipinski definition) is 0. The van der Waals surface area contributed by atoms with Gasteiger partial charge in [0.25, 0.3) is 0 Å². The standard InChI is InChI=1S/C16H29I/c1-2-3-4-5-6-7-8-9-10-11-12-13-14-15-16-17/h5-8H,2-4,9-16H2,1H3/b6-5-,8-7+. The molecular formula is C16H29I. The predicted octanol–water partition coefficient (Wildman–Crippen LogP) is 6.45. The molecule has 0 bridgehead atoms. The van der Waals surface area contributed by atoms with Crippen LogP contribution in [0.1, 0.15) is 71.1 Å². The van der Waals surface area contributed by atoms with E-state index in [2.05, 4.69) is 53.8 Å². The van der Waals surface area contributed by atoms with Crippen molar-refractivity contribution in [3.63, 3.8) is 0 Å². The van der Waals surface area contributed by atoms with Crippen LogP contribution in [0, 0.1) is 0 Å². The van der Waals surface area contributed by atoms with Crippen molar-refractivity contribution in [1.82, 2.24) is 0 Å². The van der Waals surface area contributed by atoms with E-state index in [1.807, 2.05) is 0 Å². The van der Waals surface area contributed by atoms with Crippen LogP contribution < -0.4 is 0 Å². The molecule has 0 atom stereocenters.